The van der Waals surface area contributed by atoms with Crippen molar-refractivity contribution >= 4 is 23.8 Å². The number of para-hydroxylation sites is 2. The Hall–Kier alpha value is -3.43. The average Bonchev–Trinajstić information content (AvgIpc) is 2.66. The number of ether oxygens (including phenoxy) is 2. The number of nitrogens with zero attached hydrogens (tertiary/aromatic N) is 1. The van der Waals surface area contributed by atoms with Crippen LogP contribution in [-0.2, 0) is 4.79 Å². The number of carboxylic acid groups (broad SMARTS) is 1. The number of aliphatic imine (C=N–C) groups is 1. The second-order valence-electron chi connectivity index (χ2n) is 5.10. The number of hydrazine groups is 1. The molecule has 9 nitrogen and oxygen atoms in total. The molecule has 0 radical (unpaired) electrons. The molecule has 1 atom stereocenters. The van der Waals surface area contributed by atoms with E-state index in [1.165, 1.54) is 37.7 Å². The standard InChI is InChI=1S/C17H18N4O5/c1-25-13-7-2-3-8-14(13)26-17(18,16(23)24)15(22)11-5-4-6-12(9-11)20-10-21-19/h2-10H,18-19H2,1H3,(H,20,21)(H,23,24). The molecule has 0 fully saturated rings. The van der Waals surface area contributed by atoms with E-state index in [1.807, 2.05) is 0 Å². The lowest BCUT2D eigenvalue weighted by molar-refractivity contribution is -0.150. The molecule has 136 valence electrons. The zero-order valence-electron chi connectivity index (χ0n) is 13.9. The van der Waals surface area contributed by atoms with Gasteiger partial charge >= 0.3 is 11.7 Å². The van der Waals surface area contributed by atoms with Crippen molar-refractivity contribution in [1.82, 2.24) is 5.43 Å². The molecular formula is C17H18N4O5. The van der Waals surface area contributed by atoms with Crippen molar-refractivity contribution in [3.05, 3.63) is 54.1 Å². The van der Waals surface area contributed by atoms with E-state index in [0.717, 1.165) is 0 Å². The number of methoxy groups -OCH3 is 1. The van der Waals surface area contributed by atoms with Crippen molar-refractivity contribution < 1.29 is 24.2 Å². The summed E-state index contributed by atoms with van der Waals surface area (Å²) < 4.78 is 10.5. The predicted octanol–water partition coefficient (Wildman–Crippen LogP) is 0.820. The third-order valence-corrected chi connectivity index (χ3v) is 3.39. The van der Waals surface area contributed by atoms with Gasteiger partial charge in [0.2, 0.25) is 5.78 Å². The number of Topliss-reactive ketones (excluding diaryl/α,β-unsaturated/α-hetero) is 1. The zero-order chi connectivity index (χ0) is 19.2. The van der Waals surface area contributed by atoms with Gasteiger partial charge in [0.05, 0.1) is 12.8 Å². The molecule has 0 amide bonds. The van der Waals surface area contributed by atoms with Crippen LogP contribution in [-0.4, -0.2) is 36.0 Å². The second kappa shape index (κ2) is 8.10. The fourth-order valence-corrected chi connectivity index (χ4v) is 2.12. The van der Waals surface area contributed by atoms with Crippen LogP contribution in [0.25, 0.3) is 0 Å². The summed E-state index contributed by atoms with van der Waals surface area (Å²) in [4.78, 5) is 28.4. The first-order valence-electron chi connectivity index (χ1n) is 7.40. The van der Waals surface area contributed by atoms with Crippen LogP contribution in [0.2, 0.25) is 0 Å². The Morgan fingerprint density at radius 3 is 2.50 bits per heavy atom. The van der Waals surface area contributed by atoms with Crippen molar-refractivity contribution in [3.8, 4) is 11.5 Å². The SMILES string of the molecule is COc1ccccc1OC(N)(C(=O)O)C(=O)c1cccc(N=CNN)c1. The normalized spacial score (nSPS) is 13.0. The minimum atomic E-state index is -2.65. The number of carbonyl (C=O) groups excluding carboxylic acids is 1. The number of benzene rings is 2. The van der Waals surface area contributed by atoms with Gasteiger partial charge in [-0.05, 0) is 24.3 Å². The molecule has 0 aliphatic rings. The van der Waals surface area contributed by atoms with Crippen LogP contribution in [0.3, 0.4) is 0 Å². The van der Waals surface area contributed by atoms with E-state index >= 15 is 0 Å². The summed E-state index contributed by atoms with van der Waals surface area (Å²) in [5.41, 5.74) is 5.78. The molecule has 2 aromatic carbocycles. The molecule has 6 N–H and O–H groups in total. The number of nitrogens with two attached hydrogens (primary N) is 2. The van der Waals surface area contributed by atoms with Gasteiger partial charge in [0.25, 0.3) is 0 Å². The van der Waals surface area contributed by atoms with Gasteiger partial charge in [0.1, 0.15) is 6.34 Å². The number of carbonyl (C=O) groups is 2. The third-order valence-electron chi connectivity index (χ3n) is 3.39. The summed E-state index contributed by atoms with van der Waals surface area (Å²) in [5.74, 6) is 2.77. The van der Waals surface area contributed by atoms with E-state index in [9.17, 15) is 14.7 Å². The Balaban J connectivity index is 2.41. The third kappa shape index (κ3) is 3.97. The van der Waals surface area contributed by atoms with Crippen LogP contribution < -0.4 is 26.5 Å². The Morgan fingerprint density at radius 2 is 1.88 bits per heavy atom. The molecule has 0 aromatic heterocycles. The quantitative estimate of drug-likeness (QED) is 0.103. The molecule has 0 aliphatic carbocycles. The van der Waals surface area contributed by atoms with E-state index in [2.05, 4.69) is 10.4 Å². The first-order valence-corrected chi connectivity index (χ1v) is 7.40. The van der Waals surface area contributed by atoms with Crippen LogP contribution in [0.4, 0.5) is 5.69 Å². The molecule has 1 unspecified atom stereocenters. The van der Waals surface area contributed by atoms with E-state index in [-0.39, 0.29) is 17.1 Å². The molecule has 0 aliphatic heterocycles. The van der Waals surface area contributed by atoms with E-state index in [0.29, 0.717) is 5.69 Å². The number of carboxylic acids is 1. The number of ketones is 1. The van der Waals surface area contributed by atoms with Crippen LogP contribution in [0.5, 0.6) is 11.5 Å². The second-order valence-corrected chi connectivity index (χ2v) is 5.10. The maximum Gasteiger partial charge on any atom is 0.372 e. The maximum absolute atomic E-state index is 12.8. The van der Waals surface area contributed by atoms with E-state index in [1.54, 1.807) is 24.3 Å². The van der Waals surface area contributed by atoms with Gasteiger partial charge in [-0.15, -0.1) is 0 Å². The average molecular weight is 358 g/mol. The molecule has 0 spiro atoms. The Bertz CT molecular complexity index is 839. The molecular weight excluding hydrogens is 340 g/mol. The number of rotatable bonds is 8. The summed E-state index contributed by atoms with van der Waals surface area (Å²) >= 11 is 0. The molecule has 9 heteroatoms. The molecule has 0 bridgehead atoms. The van der Waals surface area contributed by atoms with Gasteiger partial charge in [0, 0.05) is 5.56 Å². The molecule has 0 saturated carbocycles. The number of nitrogens with one attached hydrogen (secondary N) is 1. The fraction of sp³-hybridized carbons (Fsp3) is 0.118. The van der Waals surface area contributed by atoms with Crippen LogP contribution >= 0.6 is 0 Å². The highest BCUT2D eigenvalue weighted by molar-refractivity contribution is 6.15. The largest absolute Gasteiger partial charge is 0.493 e. The van der Waals surface area contributed by atoms with Crippen LogP contribution in [0.1, 0.15) is 10.4 Å². The molecule has 2 aromatic rings. The highest BCUT2D eigenvalue weighted by Gasteiger charge is 2.46. The summed E-state index contributed by atoms with van der Waals surface area (Å²) in [7, 11) is 1.38. The molecule has 2 rings (SSSR count). The summed E-state index contributed by atoms with van der Waals surface area (Å²) in [5, 5.41) is 9.53. The first-order chi connectivity index (χ1) is 12.4. The highest BCUT2D eigenvalue weighted by atomic mass is 16.6. The first kappa shape index (κ1) is 18.9. The Labute approximate surface area is 149 Å². The van der Waals surface area contributed by atoms with Crippen molar-refractivity contribution in [2.45, 2.75) is 5.72 Å². The van der Waals surface area contributed by atoms with Crippen molar-refractivity contribution in [2.24, 2.45) is 16.6 Å². The minimum absolute atomic E-state index is 0.0106. The number of aliphatic carboxylic acids is 1. The molecule has 0 saturated heterocycles. The van der Waals surface area contributed by atoms with Crippen LogP contribution in [0.15, 0.2) is 53.5 Å². The van der Waals surface area contributed by atoms with Gasteiger partial charge in [-0.25, -0.2) is 15.6 Å². The van der Waals surface area contributed by atoms with Gasteiger partial charge in [-0.1, -0.05) is 24.3 Å². The number of hydrogen-bond acceptors (Lipinski definition) is 7. The van der Waals surface area contributed by atoms with Crippen molar-refractivity contribution in [1.29, 1.82) is 0 Å². The van der Waals surface area contributed by atoms with Gasteiger partial charge in [-0.2, -0.15) is 0 Å². The molecule has 0 heterocycles. The monoisotopic (exact) mass is 358 g/mol. The summed E-state index contributed by atoms with van der Waals surface area (Å²) in [6.45, 7) is 0. The highest BCUT2D eigenvalue weighted by Crippen LogP contribution is 2.30. The minimum Gasteiger partial charge on any atom is -0.493 e. The van der Waals surface area contributed by atoms with Crippen LogP contribution in [0, 0.1) is 0 Å². The zero-order valence-corrected chi connectivity index (χ0v) is 13.9. The lowest BCUT2D eigenvalue weighted by Crippen LogP contribution is -2.59. The Kier molecular flexibility index (Phi) is 5.89. The van der Waals surface area contributed by atoms with E-state index < -0.39 is 17.5 Å². The predicted molar refractivity (Wildman–Crippen MR) is 94.4 cm³/mol. The maximum atomic E-state index is 12.8. The number of hydrogen-bond donors (Lipinski definition) is 4. The smallest absolute Gasteiger partial charge is 0.372 e. The van der Waals surface area contributed by atoms with E-state index in [4.69, 9.17) is 21.1 Å². The molecule has 26 heavy (non-hydrogen) atoms. The van der Waals surface area contributed by atoms with Crippen molar-refractivity contribution in [2.75, 3.05) is 7.11 Å². The summed E-state index contributed by atoms with van der Waals surface area (Å²) in [6, 6.07) is 12.2. The topological polar surface area (TPSA) is 149 Å². The fourth-order valence-electron chi connectivity index (χ4n) is 2.12. The lowest BCUT2D eigenvalue weighted by Gasteiger charge is -2.25. The Morgan fingerprint density at radius 1 is 1.19 bits per heavy atom. The lowest BCUT2D eigenvalue weighted by atomic mass is 10.0. The van der Waals surface area contributed by atoms with Gasteiger partial charge < -0.3 is 20.0 Å². The van der Waals surface area contributed by atoms with Gasteiger partial charge in [0.15, 0.2) is 11.5 Å². The van der Waals surface area contributed by atoms with Gasteiger partial charge in [-0.3, -0.25) is 10.5 Å². The van der Waals surface area contributed by atoms with Crippen molar-refractivity contribution in [3.63, 3.8) is 0 Å². The summed E-state index contributed by atoms with van der Waals surface area (Å²) in [6.07, 6.45) is 1.21.